The number of aryl methyl sites for hydroxylation is 1. The highest BCUT2D eigenvalue weighted by atomic mass is 19.1. The van der Waals surface area contributed by atoms with Crippen LogP contribution in [0.5, 0.6) is 0 Å². The molecule has 0 aromatic heterocycles. The Morgan fingerprint density at radius 2 is 1.88 bits per heavy atom. The van der Waals surface area contributed by atoms with Crippen LogP contribution in [0.25, 0.3) is 0 Å². The van der Waals surface area contributed by atoms with E-state index >= 15 is 0 Å². The predicted molar refractivity (Wildman–Crippen MR) is 63.5 cm³/mol. The first kappa shape index (κ1) is 11.6. The van der Waals surface area contributed by atoms with Gasteiger partial charge in [-0.25, -0.2) is 4.39 Å². The van der Waals surface area contributed by atoms with Gasteiger partial charge in [-0.15, -0.1) is 0 Å². The molecule has 88 valence electrons. The van der Waals surface area contributed by atoms with Gasteiger partial charge in [0.2, 0.25) is 0 Å². The molecule has 1 fully saturated rings. The molecule has 3 atom stereocenters. The molecule has 0 bridgehead atoms. The van der Waals surface area contributed by atoms with Crippen molar-refractivity contribution in [1.29, 1.82) is 0 Å². The van der Waals surface area contributed by atoms with Gasteiger partial charge in [-0.1, -0.05) is 29.8 Å². The van der Waals surface area contributed by atoms with Crippen molar-refractivity contribution in [3.63, 3.8) is 0 Å². The van der Waals surface area contributed by atoms with Gasteiger partial charge in [0.1, 0.15) is 6.17 Å². The molecule has 1 aromatic rings. The summed E-state index contributed by atoms with van der Waals surface area (Å²) < 4.78 is 18.9. The molecule has 0 spiro atoms. The van der Waals surface area contributed by atoms with Crippen LogP contribution in [0, 0.1) is 6.92 Å². The SMILES string of the molecule is COC1CCC(c2ccc(C)cc2)CC1F. The van der Waals surface area contributed by atoms with Crippen molar-refractivity contribution in [2.45, 2.75) is 44.4 Å². The Labute approximate surface area is 96.6 Å². The van der Waals surface area contributed by atoms with Crippen LogP contribution in [-0.2, 0) is 4.74 Å². The van der Waals surface area contributed by atoms with Gasteiger partial charge in [0.05, 0.1) is 6.10 Å². The Balaban J connectivity index is 2.04. The van der Waals surface area contributed by atoms with E-state index in [2.05, 4.69) is 31.2 Å². The Hall–Kier alpha value is -0.890. The largest absolute Gasteiger partial charge is 0.378 e. The average molecular weight is 222 g/mol. The molecule has 0 aliphatic heterocycles. The lowest BCUT2D eigenvalue weighted by Crippen LogP contribution is -2.31. The third-order valence-corrected chi connectivity index (χ3v) is 3.56. The first-order valence-electron chi connectivity index (χ1n) is 5.94. The van der Waals surface area contributed by atoms with Gasteiger partial charge in [-0.05, 0) is 37.7 Å². The van der Waals surface area contributed by atoms with E-state index in [1.165, 1.54) is 11.1 Å². The summed E-state index contributed by atoms with van der Waals surface area (Å²) in [6, 6.07) is 8.45. The van der Waals surface area contributed by atoms with Crippen LogP contribution >= 0.6 is 0 Å². The van der Waals surface area contributed by atoms with E-state index in [1.807, 2.05) is 0 Å². The Kier molecular flexibility index (Phi) is 3.59. The standard InChI is InChI=1S/C14H19FO/c1-10-3-5-11(6-4-10)12-7-8-14(16-2)13(15)9-12/h3-6,12-14H,7-9H2,1-2H3. The van der Waals surface area contributed by atoms with E-state index in [0.29, 0.717) is 12.3 Å². The molecule has 1 aliphatic rings. The van der Waals surface area contributed by atoms with Gasteiger partial charge >= 0.3 is 0 Å². The molecule has 0 saturated heterocycles. The minimum atomic E-state index is -0.815. The highest BCUT2D eigenvalue weighted by Gasteiger charge is 2.30. The predicted octanol–water partition coefficient (Wildman–Crippen LogP) is 3.62. The van der Waals surface area contributed by atoms with Gasteiger partial charge in [0.15, 0.2) is 0 Å². The molecular formula is C14H19FO. The zero-order chi connectivity index (χ0) is 11.5. The lowest BCUT2D eigenvalue weighted by molar-refractivity contribution is 0.000305. The molecule has 16 heavy (non-hydrogen) atoms. The summed E-state index contributed by atoms with van der Waals surface area (Å²) in [7, 11) is 1.60. The van der Waals surface area contributed by atoms with E-state index in [9.17, 15) is 4.39 Å². The van der Waals surface area contributed by atoms with Crippen LogP contribution < -0.4 is 0 Å². The highest BCUT2D eigenvalue weighted by Crippen LogP contribution is 2.35. The molecule has 0 N–H and O–H groups in total. The second kappa shape index (κ2) is 4.96. The smallest absolute Gasteiger partial charge is 0.127 e. The number of alkyl halides is 1. The monoisotopic (exact) mass is 222 g/mol. The van der Waals surface area contributed by atoms with E-state index in [4.69, 9.17) is 4.74 Å². The van der Waals surface area contributed by atoms with Gasteiger partial charge in [-0.3, -0.25) is 0 Å². The molecule has 1 aliphatic carbocycles. The van der Waals surface area contributed by atoms with Crippen molar-refractivity contribution in [2.24, 2.45) is 0 Å². The van der Waals surface area contributed by atoms with Crippen molar-refractivity contribution < 1.29 is 9.13 Å². The minimum absolute atomic E-state index is 0.193. The maximum atomic E-state index is 13.7. The molecule has 3 unspecified atom stereocenters. The van der Waals surface area contributed by atoms with Crippen LogP contribution in [0.1, 0.15) is 36.3 Å². The second-order valence-corrected chi connectivity index (χ2v) is 4.71. The molecule has 0 radical (unpaired) electrons. The third-order valence-electron chi connectivity index (χ3n) is 3.56. The van der Waals surface area contributed by atoms with Gasteiger partial charge in [0.25, 0.3) is 0 Å². The number of rotatable bonds is 2. The van der Waals surface area contributed by atoms with Gasteiger partial charge < -0.3 is 4.74 Å². The zero-order valence-electron chi connectivity index (χ0n) is 9.95. The summed E-state index contributed by atoms with van der Waals surface area (Å²) in [5, 5.41) is 0. The highest BCUT2D eigenvalue weighted by molar-refractivity contribution is 5.25. The van der Waals surface area contributed by atoms with Crippen LogP contribution in [-0.4, -0.2) is 19.4 Å². The quantitative estimate of drug-likeness (QED) is 0.742. The molecule has 2 rings (SSSR count). The number of hydrogen-bond acceptors (Lipinski definition) is 1. The van der Waals surface area contributed by atoms with Crippen molar-refractivity contribution >= 4 is 0 Å². The van der Waals surface area contributed by atoms with Crippen LogP contribution in [0.4, 0.5) is 4.39 Å². The van der Waals surface area contributed by atoms with E-state index in [1.54, 1.807) is 7.11 Å². The van der Waals surface area contributed by atoms with Crippen LogP contribution in [0.15, 0.2) is 24.3 Å². The Morgan fingerprint density at radius 3 is 2.44 bits per heavy atom. The lowest BCUT2D eigenvalue weighted by atomic mass is 9.81. The van der Waals surface area contributed by atoms with Gasteiger partial charge in [-0.2, -0.15) is 0 Å². The number of methoxy groups -OCH3 is 1. The van der Waals surface area contributed by atoms with Gasteiger partial charge in [0, 0.05) is 7.11 Å². The first-order valence-corrected chi connectivity index (χ1v) is 5.94. The molecule has 0 heterocycles. The van der Waals surface area contributed by atoms with E-state index in [-0.39, 0.29) is 6.10 Å². The van der Waals surface area contributed by atoms with E-state index < -0.39 is 6.17 Å². The number of halogens is 1. The van der Waals surface area contributed by atoms with Crippen molar-refractivity contribution in [1.82, 2.24) is 0 Å². The molecule has 1 saturated carbocycles. The molecular weight excluding hydrogens is 203 g/mol. The van der Waals surface area contributed by atoms with Crippen molar-refractivity contribution in [3.8, 4) is 0 Å². The normalized spacial score (nSPS) is 30.3. The average Bonchev–Trinajstić information content (AvgIpc) is 2.30. The molecule has 1 aromatic carbocycles. The van der Waals surface area contributed by atoms with Crippen molar-refractivity contribution in [2.75, 3.05) is 7.11 Å². The number of benzene rings is 1. The van der Waals surface area contributed by atoms with E-state index in [0.717, 1.165) is 12.8 Å². The summed E-state index contributed by atoms with van der Waals surface area (Å²) in [5.74, 6) is 0.363. The summed E-state index contributed by atoms with van der Waals surface area (Å²) in [6.07, 6.45) is 1.45. The lowest BCUT2D eigenvalue weighted by Gasteiger charge is -2.31. The fraction of sp³-hybridized carbons (Fsp3) is 0.571. The first-order chi connectivity index (χ1) is 7.70. The Morgan fingerprint density at radius 1 is 1.19 bits per heavy atom. The summed E-state index contributed by atoms with van der Waals surface area (Å²) in [4.78, 5) is 0. The number of hydrogen-bond donors (Lipinski definition) is 0. The summed E-state index contributed by atoms with van der Waals surface area (Å²) >= 11 is 0. The maximum Gasteiger partial charge on any atom is 0.127 e. The minimum Gasteiger partial charge on any atom is -0.378 e. The second-order valence-electron chi connectivity index (χ2n) is 4.71. The third kappa shape index (κ3) is 2.43. The summed E-state index contributed by atoms with van der Waals surface area (Å²) in [5.41, 5.74) is 2.52. The maximum absolute atomic E-state index is 13.7. The van der Waals surface area contributed by atoms with Crippen molar-refractivity contribution in [3.05, 3.63) is 35.4 Å². The fourth-order valence-corrected chi connectivity index (χ4v) is 2.49. The zero-order valence-corrected chi connectivity index (χ0v) is 9.95. The summed E-state index contributed by atoms with van der Waals surface area (Å²) in [6.45, 7) is 2.07. The molecule has 0 amide bonds. The molecule has 2 heteroatoms. The van der Waals surface area contributed by atoms with Crippen LogP contribution in [0.3, 0.4) is 0 Å². The number of ether oxygens (including phenoxy) is 1. The van der Waals surface area contributed by atoms with Crippen LogP contribution in [0.2, 0.25) is 0 Å². The topological polar surface area (TPSA) is 9.23 Å². The fourth-order valence-electron chi connectivity index (χ4n) is 2.49. The Bertz CT molecular complexity index is 333. The molecule has 1 nitrogen and oxygen atoms in total.